The molecule has 73 heavy (non-hydrogen) atoms. The number of carbonyl (C=O) groups is 2. The van der Waals surface area contributed by atoms with Crippen LogP contribution >= 0.6 is 11.8 Å². The van der Waals surface area contributed by atoms with Gasteiger partial charge in [0.05, 0.1) is 64.9 Å². The molecule has 0 bridgehead atoms. The molecule has 0 saturated carbocycles. The number of likely N-dealkylation sites (N-methyl/N-ethyl adjacent to an activating group) is 1. The Bertz CT molecular complexity index is 1910. The molecular weight excluding hydrogens is 971 g/mol. The van der Waals surface area contributed by atoms with Gasteiger partial charge in [0.25, 0.3) is 6.20 Å². The van der Waals surface area contributed by atoms with Crippen LogP contribution in [0.25, 0.3) is 0 Å². The third-order valence-corrected chi connectivity index (χ3v) is 15.7. The number of carbonyl (C=O) groups excluding carboxylic acids is 2. The SMILES string of the molecule is CC[C@H]1OC(=O)[C@H](C)[C@@H](O[C@H]2C[C@@](C)(OC)[C@@H](O)[C@H](C)O2)[C@H](C)[C@@H](O[C@@H]2O[C@H](C)C[C@H](N(C)C)[C@H]2O)[C@](C)(OC)C[C@@H](C)C(=O)[C@H](C)[C@@H](O)[C@]1(C)O.CN/C(=C\[N+](=O)[O-])NCCSCc1ccc(CN(C)C)o1. The number of nitro groups is 1. The Morgan fingerprint density at radius 1 is 0.932 bits per heavy atom. The number of cyclic esters (lactones) is 1. The number of nitrogens with zero attached hydrogens (tertiary/aromatic N) is 3. The van der Waals surface area contributed by atoms with E-state index in [1.807, 2.05) is 59.1 Å². The van der Waals surface area contributed by atoms with Gasteiger partial charge in [-0.2, -0.15) is 11.8 Å². The molecule has 21 nitrogen and oxygen atoms in total. The number of nitrogens with one attached hydrogen (secondary N) is 2. The molecule has 422 valence electrons. The highest BCUT2D eigenvalue weighted by atomic mass is 32.2. The van der Waals surface area contributed by atoms with E-state index >= 15 is 0 Å². The number of hydrogen-bond acceptors (Lipinski definition) is 21. The van der Waals surface area contributed by atoms with Crippen LogP contribution in [0.1, 0.15) is 106 Å². The van der Waals surface area contributed by atoms with Gasteiger partial charge in [-0.05, 0) is 101 Å². The lowest BCUT2D eigenvalue weighted by molar-refractivity contribution is -0.404. The summed E-state index contributed by atoms with van der Waals surface area (Å²) in [5, 5.41) is 61.6. The van der Waals surface area contributed by atoms with Gasteiger partial charge in [0.15, 0.2) is 18.4 Å². The van der Waals surface area contributed by atoms with Crippen LogP contribution in [-0.4, -0.2) is 193 Å². The summed E-state index contributed by atoms with van der Waals surface area (Å²) in [6.45, 7) is 18.5. The van der Waals surface area contributed by atoms with Crippen molar-refractivity contribution in [1.29, 1.82) is 0 Å². The maximum absolute atomic E-state index is 14.2. The van der Waals surface area contributed by atoms with Crippen LogP contribution in [0.2, 0.25) is 0 Å². The summed E-state index contributed by atoms with van der Waals surface area (Å²) in [6, 6.07) is 3.70. The molecule has 0 radical (unpaired) electrons. The van der Waals surface area contributed by atoms with Gasteiger partial charge in [-0.25, -0.2) is 0 Å². The first-order valence-corrected chi connectivity index (χ1v) is 26.6. The van der Waals surface area contributed by atoms with Crippen LogP contribution in [0.5, 0.6) is 0 Å². The smallest absolute Gasteiger partial charge is 0.311 e. The number of rotatable bonds is 18. The highest BCUT2D eigenvalue weighted by molar-refractivity contribution is 7.98. The second-order valence-electron chi connectivity index (χ2n) is 21.3. The van der Waals surface area contributed by atoms with E-state index in [9.17, 15) is 40.1 Å². The van der Waals surface area contributed by atoms with Gasteiger partial charge in [-0.3, -0.25) is 19.7 Å². The average Bonchev–Trinajstić information content (AvgIpc) is 3.77. The Morgan fingerprint density at radius 2 is 1.56 bits per heavy atom. The van der Waals surface area contributed by atoms with Gasteiger partial charge in [0.1, 0.15) is 41.2 Å². The summed E-state index contributed by atoms with van der Waals surface area (Å²) in [6.07, 6.45) is -7.81. The van der Waals surface area contributed by atoms with Gasteiger partial charge < -0.3 is 78.4 Å². The van der Waals surface area contributed by atoms with Crippen molar-refractivity contribution in [3.63, 3.8) is 0 Å². The predicted octanol–water partition coefficient (Wildman–Crippen LogP) is 3.90. The fourth-order valence-corrected chi connectivity index (χ4v) is 11.0. The molecule has 3 fully saturated rings. The summed E-state index contributed by atoms with van der Waals surface area (Å²) in [5.41, 5.74) is -4.24. The fraction of sp³-hybridized carbons (Fsp3) is 0.843. The Kier molecular flexibility index (Phi) is 25.0. The van der Waals surface area contributed by atoms with E-state index in [1.165, 1.54) is 21.1 Å². The lowest BCUT2D eigenvalue weighted by Crippen LogP contribution is -2.61. The van der Waals surface area contributed by atoms with Crippen molar-refractivity contribution in [2.45, 2.75) is 191 Å². The highest BCUT2D eigenvalue weighted by Crippen LogP contribution is 2.42. The normalized spacial score (nSPS) is 38.3. The Labute approximate surface area is 437 Å². The number of thioether (sulfide) groups is 1. The molecular formula is C51H91N5O16S. The molecule has 18 atom stereocenters. The molecule has 0 spiro atoms. The van der Waals surface area contributed by atoms with Crippen molar-refractivity contribution >= 4 is 23.5 Å². The molecule has 3 aliphatic heterocycles. The average molecular weight is 1060 g/mol. The zero-order valence-corrected chi connectivity index (χ0v) is 47.3. The summed E-state index contributed by atoms with van der Waals surface area (Å²) in [5.74, 6) is -0.523. The number of Topliss-reactive ketones (excluding diaryl/α,β-unsaturated/α-hetero) is 1. The highest BCUT2D eigenvalue weighted by Gasteiger charge is 2.54. The standard InChI is InChI=1S/C38H69NO13.C13H22N4O3S/c1-15-26-38(10,45)31(42)21(4)28(40)19(2)17-37(9,47-14)33(52-35-29(41)25(39(11)12)16-20(3)48-35)22(5)30(23(6)34(44)50-26)51-27-18-36(8,46-13)32(43)24(7)49-27;1-14-13(9-17(18)19)15-6-7-21-10-12-5-4-11(20-12)8-16(2)3/h19-27,29-33,35,41-43,45H,15-18H2,1-14H3;4-5,9,14-15H,6-8,10H2,1-3H3/b;13-9+/t19-,20-,21+,22+,23-,24+,25+,26-,27+,29-,30+,31-,32+,33-,35+,36-,37-,38-;/m1./s1. The summed E-state index contributed by atoms with van der Waals surface area (Å²) >= 11 is 1.72. The van der Waals surface area contributed by atoms with E-state index in [2.05, 4.69) is 15.5 Å². The van der Waals surface area contributed by atoms with Crippen LogP contribution in [0.4, 0.5) is 0 Å². The molecule has 3 saturated heterocycles. The largest absolute Gasteiger partial charge is 0.464 e. The minimum atomic E-state index is -1.96. The van der Waals surface area contributed by atoms with E-state index in [4.69, 9.17) is 37.6 Å². The molecule has 4 rings (SSSR count). The lowest BCUT2D eigenvalue weighted by atomic mass is 9.74. The van der Waals surface area contributed by atoms with Crippen molar-refractivity contribution in [3.05, 3.63) is 45.8 Å². The molecule has 0 unspecified atom stereocenters. The first kappa shape index (κ1) is 64.3. The number of hydrogen-bond donors (Lipinski definition) is 6. The third kappa shape index (κ3) is 17.3. The van der Waals surface area contributed by atoms with Gasteiger partial charge in [-0.15, -0.1) is 0 Å². The van der Waals surface area contributed by atoms with Crippen LogP contribution in [0.15, 0.2) is 28.6 Å². The van der Waals surface area contributed by atoms with E-state index in [0.29, 0.717) is 18.8 Å². The zero-order chi connectivity index (χ0) is 55.3. The Hall–Kier alpha value is -2.97. The molecule has 0 aromatic carbocycles. The van der Waals surface area contributed by atoms with Crippen molar-refractivity contribution in [2.24, 2.45) is 23.7 Å². The summed E-state index contributed by atoms with van der Waals surface area (Å²) in [4.78, 5) is 42.0. The second-order valence-corrected chi connectivity index (χ2v) is 22.4. The van der Waals surface area contributed by atoms with Gasteiger partial charge >= 0.3 is 5.97 Å². The zero-order valence-electron chi connectivity index (χ0n) is 46.5. The van der Waals surface area contributed by atoms with Crippen molar-refractivity contribution < 1.29 is 72.5 Å². The number of ether oxygens (including phenoxy) is 7. The third-order valence-electron chi connectivity index (χ3n) is 14.8. The van der Waals surface area contributed by atoms with Crippen molar-refractivity contribution in [3.8, 4) is 0 Å². The minimum absolute atomic E-state index is 0.111. The number of aliphatic hydroxyl groups is 4. The van der Waals surface area contributed by atoms with Crippen molar-refractivity contribution in [2.75, 3.05) is 61.8 Å². The van der Waals surface area contributed by atoms with E-state index in [0.717, 1.165) is 35.8 Å². The molecule has 1 aromatic rings. The van der Waals surface area contributed by atoms with Crippen LogP contribution in [0, 0.1) is 33.8 Å². The first-order chi connectivity index (χ1) is 34.0. The summed E-state index contributed by atoms with van der Waals surface area (Å²) in [7, 11) is 12.4. The molecule has 3 aliphatic rings. The maximum atomic E-state index is 14.2. The quantitative estimate of drug-likeness (QED) is 0.0527. The monoisotopic (exact) mass is 1060 g/mol. The van der Waals surface area contributed by atoms with Gasteiger partial charge in [-0.1, -0.05) is 27.7 Å². The molecule has 22 heteroatoms. The van der Waals surface area contributed by atoms with E-state index < -0.39 is 107 Å². The molecule has 4 heterocycles. The molecule has 0 aliphatic carbocycles. The number of aliphatic hydroxyl groups excluding tert-OH is 3. The van der Waals surface area contributed by atoms with Crippen molar-refractivity contribution in [1.82, 2.24) is 20.4 Å². The number of furan rings is 1. The molecule has 1 aromatic heterocycles. The van der Waals surface area contributed by atoms with Crippen LogP contribution < -0.4 is 10.6 Å². The topological polar surface area (TPSA) is 266 Å². The Morgan fingerprint density at radius 3 is 2.12 bits per heavy atom. The van der Waals surface area contributed by atoms with E-state index in [-0.39, 0.29) is 37.2 Å². The van der Waals surface area contributed by atoms with Crippen LogP contribution in [0.3, 0.4) is 0 Å². The number of ketones is 1. The Balaban J connectivity index is 0.000000558. The van der Waals surface area contributed by atoms with E-state index in [1.54, 1.807) is 67.3 Å². The molecule has 0 amide bonds. The second kappa shape index (κ2) is 28.4. The first-order valence-electron chi connectivity index (χ1n) is 25.5. The fourth-order valence-electron chi connectivity index (χ4n) is 10.2. The predicted molar refractivity (Wildman–Crippen MR) is 275 cm³/mol. The van der Waals surface area contributed by atoms with Crippen LogP contribution in [-0.2, 0) is 55.0 Å². The van der Waals surface area contributed by atoms with Gasteiger partial charge in [0.2, 0.25) is 0 Å². The molecule has 6 N–H and O–H groups in total. The van der Waals surface area contributed by atoms with Gasteiger partial charge in [0, 0.05) is 63.8 Å². The number of methoxy groups -OCH3 is 2. The lowest BCUT2D eigenvalue weighted by Gasteiger charge is -2.50. The summed E-state index contributed by atoms with van der Waals surface area (Å²) < 4.78 is 49.6. The number of esters is 1. The maximum Gasteiger partial charge on any atom is 0.311 e. The minimum Gasteiger partial charge on any atom is -0.464 e.